The van der Waals surface area contributed by atoms with Crippen LogP contribution in [0.15, 0.2) is 65.7 Å². The molecule has 0 aliphatic heterocycles. The van der Waals surface area contributed by atoms with Gasteiger partial charge in [0.25, 0.3) is 6.47 Å². The summed E-state index contributed by atoms with van der Waals surface area (Å²) in [5.74, 6) is -0.555. The second-order valence-corrected chi connectivity index (χ2v) is 6.14. The third-order valence-corrected chi connectivity index (χ3v) is 4.22. The van der Waals surface area contributed by atoms with Gasteiger partial charge >= 0.3 is 0 Å². The average Bonchev–Trinajstić information content (AvgIpc) is 2.69. The summed E-state index contributed by atoms with van der Waals surface area (Å²) in [6.07, 6.45) is -0.733. The lowest BCUT2D eigenvalue weighted by molar-refractivity contribution is -0.145. The smallest absolute Gasteiger partial charge is 0.294 e. The van der Waals surface area contributed by atoms with Gasteiger partial charge in [0, 0.05) is 18.0 Å². The molecule has 2 aromatic rings. The van der Waals surface area contributed by atoms with Gasteiger partial charge in [-0.3, -0.25) is 14.6 Å². The van der Waals surface area contributed by atoms with Crippen molar-refractivity contribution in [1.82, 2.24) is 0 Å². The molecule has 142 valence electrons. The van der Waals surface area contributed by atoms with E-state index >= 15 is 0 Å². The fraction of sp³-hybridized carbons (Fsp3) is 0.250. The quantitative estimate of drug-likeness (QED) is 0.328. The molecule has 27 heavy (non-hydrogen) atoms. The number of Topliss-reactive ketones (excluding diaryl/α,β-unsaturated/α-hetero) is 1. The van der Waals surface area contributed by atoms with Gasteiger partial charge < -0.3 is 21.9 Å². The standard InChI is InChI=1S/C20H24N4O3/c21-17(18(26)19(27-13-25)15-9-5-2-6-10-15)11-16(12-24-20(22)23)14-7-3-1-4-8-14/h1-10,13,16-17,19H,11-12,21H2,(H4,22,23,24)/t16?,17-,19?/m0/s1. The van der Waals surface area contributed by atoms with Crippen LogP contribution in [-0.2, 0) is 14.3 Å². The number of rotatable bonds is 10. The van der Waals surface area contributed by atoms with Crippen molar-refractivity contribution >= 4 is 18.2 Å². The Labute approximate surface area is 158 Å². The first kappa shape index (κ1) is 20.1. The van der Waals surface area contributed by atoms with E-state index in [2.05, 4.69) is 4.99 Å². The van der Waals surface area contributed by atoms with Crippen molar-refractivity contribution in [3.05, 3.63) is 71.8 Å². The first-order valence-electron chi connectivity index (χ1n) is 8.56. The van der Waals surface area contributed by atoms with Crippen LogP contribution >= 0.6 is 0 Å². The van der Waals surface area contributed by atoms with Crippen LogP contribution in [0.2, 0.25) is 0 Å². The van der Waals surface area contributed by atoms with Crippen LogP contribution in [0.5, 0.6) is 0 Å². The molecule has 0 spiro atoms. The maximum Gasteiger partial charge on any atom is 0.294 e. The van der Waals surface area contributed by atoms with Crippen LogP contribution < -0.4 is 17.2 Å². The van der Waals surface area contributed by atoms with Crippen molar-refractivity contribution < 1.29 is 14.3 Å². The van der Waals surface area contributed by atoms with Gasteiger partial charge in [0.15, 0.2) is 17.8 Å². The summed E-state index contributed by atoms with van der Waals surface area (Å²) in [4.78, 5) is 27.8. The lowest BCUT2D eigenvalue weighted by Gasteiger charge is -2.23. The minimum absolute atomic E-state index is 0.0257. The van der Waals surface area contributed by atoms with Crippen molar-refractivity contribution in [3.63, 3.8) is 0 Å². The summed E-state index contributed by atoms with van der Waals surface area (Å²) in [5, 5.41) is 0. The Morgan fingerprint density at radius 2 is 1.56 bits per heavy atom. The fourth-order valence-electron chi connectivity index (χ4n) is 2.87. The van der Waals surface area contributed by atoms with E-state index in [-0.39, 0.29) is 24.1 Å². The van der Waals surface area contributed by atoms with Crippen molar-refractivity contribution in [1.29, 1.82) is 0 Å². The summed E-state index contributed by atoms with van der Waals surface area (Å²) >= 11 is 0. The van der Waals surface area contributed by atoms with Gasteiger partial charge in [0.2, 0.25) is 0 Å². The van der Waals surface area contributed by atoms with Crippen molar-refractivity contribution in [2.45, 2.75) is 24.5 Å². The van der Waals surface area contributed by atoms with Crippen LogP contribution in [0.3, 0.4) is 0 Å². The molecule has 7 nitrogen and oxygen atoms in total. The summed E-state index contributed by atoms with van der Waals surface area (Å²) in [7, 11) is 0. The highest BCUT2D eigenvalue weighted by molar-refractivity contribution is 5.89. The third kappa shape index (κ3) is 5.93. The number of carbonyl (C=O) groups excluding carboxylic acids is 2. The Morgan fingerprint density at radius 1 is 1.00 bits per heavy atom. The minimum atomic E-state index is -1.04. The predicted molar refractivity (Wildman–Crippen MR) is 104 cm³/mol. The third-order valence-electron chi connectivity index (χ3n) is 4.22. The van der Waals surface area contributed by atoms with Gasteiger partial charge in [0.1, 0.15) is 0 Å². The highest BCUT2D eigenvalue weighted by atomic mass is 16.5. The van der Waals surface area contributed by atoms with Crippen LogP contribution in [-0.4, -0.2) is 30.8 Å². The molecule has 7 heteroatoms. The number of nitrogens with two attached hydrogens (primary N) is 3. The van der Waals surface area contributed by atoms with E-state index in [0.29, 0.717) is 18.5 Å². The molecular weight excluding hydrogens is 344 g/mol. The zero-order chi connectivity index (χ0) is 19.6. The molecule has 2 rings (SSSR count). The second kappa shape index (κ2) is 10.1. The molecule has 0 saturated carbocycles. The number of ketones is 1. The monoisotopic (exact) mass is 368 g/mol. The summed E-state index contributed by atoms with van der Waals surface area (Å²) < 4.78 is 5.02. The number of ether oxygens (including phenoxy) is 1. The number of hydrogen-bond donors (Lipinski definition) is 3. The van der Waals surface area contributed by atoms with Gasteiger partial charge in [-0.2, -0.15) is 0 Å². The van der Waals surface area contributed by atoms with E-state index in [1.807, 2.05) is 36.4 Å². The SMILES string of the molecule is NC(N)=NCC(C[C@H](N)C(=O)C(OC=O)c1ccccc1)c1ccccc1. The first-order valence-corrected chi connectivity index (χ1v) is 8.56. The highest BCUT2D eigenvalue weighted by Gasteiger charge is 2.29. The van der Waals surface area contributed by atoms with Crippen molar-refractivity contribution in [3.8, 4) is 0 Å². The topological polar surface area (TPSA) is 134 Å². The molecule has 0 aliphatic rings. The van der Waals surface area contributed by atoms with Gasteiger partial charge in [0.05, 0.1) is 6.04 Å². The van der Waals surface area contributed by atoms with Crippen LogP contribution in [0, 0.1) is 0 Å². The first-order chi connectivity index (χ1) is 13.0. The van der Waals surface area contributed by atoms with E-state index in [0.717, 1.165) is 5.56 Å². The number of benzene rings is 2. The maximum absolute atomic E-state index is 12.8. The molecule has 6 N–H and O–H groups in total. The molecule has 0 aliphatic carbocycles. The lowest BCUT2D eigenvalue weighted by Crippen LogP contribution is -2.37. The zero-order valence-corrected chi connectivity index (χ0v) is 14.9. The van der Waals surface area contributed by atoms with Crippen molar-refractivity contribution in [2.24, 2.45) is 22.2 Å². The number of nitrogens with zero attached hydrogens (tertiary/aromatic N) is 1. The molecule has 0 fully saturated rings. The fourth-order valence-corrected chi connectivity index (χ4v) is 2.87. The van der Waals surface area contributed by atoms with Crippen LogP contribution in [0.4, 0.5) is 0 Å². The number of hydrogen-bond acceptors (Lipinski definition) is 5. The summed E-state index contributed by atoms with van der Waals surface area (Å²) in [6.45, 7) is 0.564. The second-order valence-electron chi connectivity index (χ2n) is 6.14. The van der Waals surface area contributed by atoms with Crippen LogP contribution in [0.1, 0.15) is 29.6 Å². The Morgan fingerprint density at radius 3 is 2.07 bits per heavy atom. The van der Waals surface area contributed by atoms with E-state index in [4.69, 9.17) is 21.9 Å². The number of carbonyl (C=O) groups is 2. The van der Waals surface area contributed by atoms with Crippen molar-refractivity contribution in [2.75, 3.05) is 6.54 Å². The predicted octanol–water partition coefficient (Wildman–Crippen LogP) is 1.24. The molecule has 2 aromatic carbocycles. The molecular formula is C20H24N4O3. The van der Waals surface area contributed by atoms with E-state index in [9.17, 15) is 9.59 Å². The molecule has 0 heterocycles. The normalized spacial score (nSPS) is 13.8. The lowest BCUT2D eigenvalue weighted by atomic mass is 9.88. The Hall–Kier alpha value is -3.19. The van der Waals surface area contributed by atoms with Gasteiger partial charge in [-0.1, -0.05) is 60.7 Å². The summed E-state index contributed by atoms with van der Waals surface area (Å²) in [6, 6.07) is 17.5. The zero-order valence-electron chi connectivity index (χ0n) is 14.9. The molecule has 2 unspecified atom stereocenters. The van der Waals surface area contributed by atoms with E-state index < -0.39 is 12.1 Å². The Bertz CT molecular complexity index is 761. The minimum Gasteiger partial charge on any atom is -0.452 e. The largest absolute Gasteiger partial charge is 0.452 e. The molecule has 0 radical (unpaired) electrons. The maximum atomic E-state index is 12.8. The van der Waals surface area contributed by atoms with E-state index in [1.165, 1.54) is 0 Å². The molecule has 0 aromatic heterocycles. The Kier molecular flexibility index (Phi) is 7.51. The molecule has 0 amide bonds. The Balaban J connectivity index is 2.19. The number of aliphatic imine (C=N–C) groups is 1. The molecule has 0 bridgehead atoms. The summed E-state index contributed by atoms with van der Waals surface area (Å²) in [5.41, 5.74) is 18.6. The van der Waals surface area contributed by atoms with Gasteiger partial charge in [-0.15, -0.1) is 0 Å². The average molecular weight is 368 g/mol. The van der Waals surface area contributed by atoms with Gasteiger partial charge in [-0.25, -0.2) is 0 Å². The molecule has 3 atom stereocenters. The van der Waals surface area contributed by atoms with E-state index in [1.54, 1.807) is 24.3 Å². The number of guanidine groups is 1. The highest BCUT2D eigenvalue weighted by Crippen LogP contribution is 2.25. The van der Waals surface area contributed by atoms with Crippen LogP contribution in [0.25, 0.3) is 0 Å². The van der Waals surface area contributed by atoms with Gasteiger partial charge in [-0.05, 0) is 12.0 Å². The molecule has 0 saturated heterocycles.